The van der Waals surface area contributed by atoms with E-state index in [-0.39, 0.29) is 5.97 Å². The molecule has 0 saturated heterocycles. The summed E-state index contributed by atoms with van der Waals surface area (Å²) in [5.41, 5.74) is 0.909. The molecule has 0 aliphatic rings. The van der Waals surface area contributed by atoms with Crippen LogP contribution in [0.4, 0.5) is 0 Å². The molecule has 3 heteroatoms. The average Bonchev–Trinajstić information content (AvgIpc) is 2.15. The van der Waals surface area contributed by atoms with E-state index in [1.165, 1.54) is 6.92 Å². The maximum Gasteiger partial charge on any atom is 0.308 e. The van der Waals surface area contributed by atoms with Crippen LogP contribution in [-0.4, -0.2) is 5.97 Å². The van der Waals surface area contributed by atoms with Crippen LogP contribution < -0.4 is 0 Å². The Kier molecular flexibility index (Phi) is 3.95. The van der Waals surface area contributed by atoms with Crippen LogP contribution in [0.15, 0.2) is 34.4 Å². The zero-order chi connectivity index (χ0) is 9.68. The van der Waals surface area contributed by atoms with E-state index >= 15 is 0 Å². The van der Waals surface area contributed by atoms with E-state index in [1.807, 2.05) is 52.9 Å². The van der Waals surface area contributed by atoms with Gasteiger partial charge in [-0.25, -0.2) is 0 Å². The second-order valence-corrected chi connectivity index (χ2v) is 3.06. The summed E-state index contributed by atoms with van der Waals surface area (Å²) in [6, 6.07) is 9.51. The lowest BCUT2D eigenvalue weighted by atomic mass is 10.2. The molecule has 0 N–H and O–H groups in total. The number of carbonyl (C=O) groups is 1. The standard InChI is InChI=1S/C10H9IO2/c1-8(12)13-10(7-11)9-5-3-2-4-6-9/h2-7H,1H3/b10-7+. The smallest absolute Gasteiger partial charge is 0.308 e. The highest BCUT2D eigenvalue weighted by Gasteiger charge is 2.03. The first-order valence-electron chi connectivity index (χ1n) is 3.78. The van der Waals surface area contributed by atoms with Crippen LogP contribution in [0.5, 0.6) is 0 Å². The zero-order valence-corrected chi connectivity index (χ0v) is 9.32. The minimum Gasteiger partial charge on any atom is -0.426 e. The number of ether oxygens (including phenoxy) is 1. The topological polar surface area (TPSA) is 26.3 Å². The van der Waals surface area contributed by atoms with Crippen molar-refractivity contribution in [1.29, 1.82) is 0 Å². The first kappa shape index (κ1) is 10.2. The van der Waals surface area contributed by atoms with Crippen molar-refractivity contribution in [3.8, 4) is 0 Å². The second kappa shape index (κ2) is 5.01. The predicted molar refractivity (Wildman–Crippen MR) is 60.2 cm³/mol. The Morgan fingerprint density at radius 3 is 2.46 bits per heavy atom. The monoisotopic (exact) mass is 288 g/mol. The Labute approximate surface area is 90.7 Å². The number of hydrogen-bond acceptors (Lipinski definition) is 2. The molecule has 0 spiro atoms. The number of carbonyl (C=O) groups excluding carboxylic acids is 1. The third-order valence-electron chi connectivity index (χ3n) is 1.41. The molecule has 1 aromatic rings. The van der Waals surface area contributed by atoms with E-state index in [0.29, 0.717) is 5.76 Å². The van der Waals surface area contributed by atoms with Gasteiger partial charge in [-0.2, -0.15) is 0 Å². The molecule has 1 aromatic carbocycles. The van der Waals surface area contributed by atoms with Crippen molar-refractivity contribution in [1.82, 2.24) is 0 Å². The van der Waals surface area contributed by atoms with Crippen LogP contribution >= 0.6 is 22.6 Å². The third kappa shape index (κ3) is 3.18. The lowest BCUT2D eigenvalue weighted by Crippen LogP contribution is -1.97. The first-order valence-corrected chi connectivity index (χ1v) is 5.03. The highest BCUT2D eigenvalue weighted by Crippen LogP contribution is 2.17. The molecule has 0 amide bonds. The van der Waals surface area contributed by atoms with Crippen LogP contribution in [0.2, 0.25) is 0 Å². The van der Waals surface area contributed by atoms with Crippen molar-refractivity contribution in [3.63, 3.8) is 0 Å². The average molecular weight is 288 g/mol. The van der Waals surface area contributed by atoms with Crippen molar-refractivity contribution in [2.75, 3.05) is 0 Å². The highest BCUT2D eigenvalue weighted by molar-refractivity contribution is 14.1. The van der Waals surface area contributed by atoms with Crippen LogP contribution in [0.3, 0.4) is 0 Å². The van der Waals surface area contributed by atoms with E-state index in [9.17, 15) is 4.79 Å². The molecule has 13 heavy (non-hydrogen) atoms. The Hall–Kier alpha value is -0.840. The summed E-state index contributed by atoms with van der Waals surface area (Å²) in [6.45, 7) is 1.39. The summed E-state index contributed by atoms with van der Waals surface area (Å²) in [5, 5.41) is 0. The van der Waals surface area contributed by atoms with E-state index in [2.05, 4.69) is 0 Å². The summed E-state index contributed by atoms with van der Waals surface area (Å²) < 4.78 is 6.74. The highest BCUT2D eigenvalue weighted by atomic mass is 127. The summed E-state index contributed by atoms with van der Waals surface area (Å²) >= 11 is 2.05. The molecule has 0 aromatic heterocycles. The lowest BCUT2D eigenvalue weighted by molar-refractivity contribution is -0.134. The maximum absolute atomic E-state index is 10.7. The number of rotatable bonds is 2. The van der Waals surface area contributed by atoms with Crippen molar-refractivity contribution >= 4 is 34.3 Å². The van der Waals surface area contributed by atoms with Gasteiger partial charge in [-0.15, -0.1) is 0 Å². The number of halogens is 1. The molecule has 0 heterocycles. The summed E-state index contributed by atoms with van der Waals surface area (Å²) in [4.78, 5) is 10.7. The van der Waals surface area contributed by atoms with Crippen LogP contribution in [-0.2, 0) is 9.53 Å². The van der Waals surface area contributed by atoms with Gasteiger partial charge < -0.3 is 4.74 Å². The fourth-order valence-electron chi connectivity index (χ4n) is 0.901. The van der Waals surface area contributed by atoms with Crippen molar-refractivity contribution in [2.24, 2.45) is 0 Å². The van der Waals surface area contributed by atoms with Gasteiger partial charge in [0.2, 0.25) is 0 Å². The van der Waals surface area contributed by atoms with Crippen LogP contribution in [0.1, 0.15) is 12.5 Å². The largest absolute Gasteiger partial charge is 0.426 e. The molecule has 0 fully saturated rings. The van der Waals surface area contributed by atoms with Gasteiger partial charge in [0.15, 0.2) is 0 Å². The second-order valence-electron chi connectivity index (χ2n) is 2.43. The summed E-state index contributed by atoms with van der Waals surface area (Å²) in [7, 11) is 0. The normalized spacial score (nSPS) is 11.1. The Bertz CT molecular complexity index is 317. The minimum atomic E-state index is -0.299. The lowest BCUT2D eigenvalue weighted by Gasteiger charge is -2.04. The number of esters is 1. The number of benzene rings is 1. The van der Waals surface area contributed by atoms with Gasteiger partial charge in [0, 0.05) is 16.6 Å². The van der Waals surface area contributed by atoms with Crippen LogP contribution in [0.25, 0.3) is 5.76 Å². The molecule has 0 saturated carbocycles. The van der Waals surface area contributed by atoms with E-state index in [1.54, 1.807) is 4.08 Å². The molecule has 0 bridgehead atoms. The van der Waals surface area contributed by atoms with Crippen molar-refractivity contribution in [3.05, 3.63) is 40.0 Å². The quantitative estimate of drug-likeness (QED) is 0.475. The molecular formula is C10H9IO2. The van der Waals surface area contributed by atoms with Gasteiger partial charge in [-0.1, -0.05) is 30.3 Å². The number of hydrogen-bond donors (Lipinski definition) is 0. The van der Waals surface area contributed by atoms with Crippen molar-refractivity contribution < 1.29 is 9.53 Å². The molecule has 0 radical (unpaired) electrons. The van der Waals surface area contributed by atoms with Gasteiger partial charge in [-0.05, 0) is 22.6 Å². The summed E-state index contributed by atoms with van der Waals surface area (Å²) in [5.74, 6) is 0.292. The molecule has 0 aliphatic heterocycles. The van der Waals surface area contributed by atoms with Crippen LogP contribution in [0, 0.1) is 0 Å². The minimum absolute atomic E-state index is 0.299. The predicted octanol–water partition coefficient (Wildman–Crippen LogP) is 2.98. The van der Waals surface area contributed by atoms with E-state index in [0.717, 1.165) is 5.56 Å². The van der Waals surface area contributed by atoms with Gasteiger partial charge in [0.05, 0.1) is 0 Å². The van der Waals surface area contributed by atoms with E-state index < -0.39 is 0 Å². The van der Waals surface area contributed by atoms with Gasteiger partial charge in [0.25, 0.3) is 0 Å². The third-order valence-corrected chi connectivity index (χ3v) is 1.98. The molecular weight excluding hydrogens is 279 g/mol. The zero-order valence-electron chi connectivity index (χ0n) is 7.16. The molecule has 0 aliphatic carbocycles. The maximum atomic E-state index is 10.7. The molecule has 0 atom stereocenters. The van der Waals surface area contributed by atoms with E-state index in [4.69, 9.17) is 4.74 Å². The molecule has 68 valence electrons. The Morgan fingerprint density at radius 1 is 1.38 bits per heavy atom. The molecule has 2 nitrogen and oxygen atoms in total. The SMILES string of the molecule is CC(=O)O/C(=C/I)c1ccccc1. The van der Waals surface area contributed by atoms with Gasteiger partial charge in [-0.3, -0.25) is 4.79 Å². The Balaban J connectivity index is 2.86. The van der Waals surface area contributed by atoms with Gasteiger partial charge in [0.1, 0.15) is 5.76 Å². The van der Waals surface area contributed by atoms with Crippen molar-refractivity contribution in [2.45, 2.75) is 6.92 Å². The fraction of sp³-hybridized carbons (Fsp3) is 0.100. The fourth-order valence-corrected chi connectivity index (χ4v) is 1.39. The molecule has 0 unspecified atom stereocenters. The van der Waals surface area contributed by atoms with Gasteiger partial charge >= 0.3 is 5.97 Å². The molecule has 1 rings (SSSR count). The Morgan fingerprint density at radius 2 is 2.00 bits per heavy atom. The summed E-state index contributed by atoms with van der Waals surface area (Å²) in [6.07, 6.45) is 0. The first-order chi connectivity index (χ1) is 6.24.